The average molecular weight is 494 g/mol. The van der Waals surface area contributed by atoms with Crippen molar-refractivity contribution in [2.24, 2.45) is 5.10 Å². The van der Waals surface area contributed by atoms with Crippen molar-refractivity contribution in [1.82, 2.24) is 9.66 Å². The number of benzene rings is 2. The largest absolute Gasteiger partial charge is 0.465 e. The zero-order chi connectivity index (χ0) is 22.8. The molecule has 0 saturated heterocycles. The lowest BCUT2D eigenvalue weighted by Gasteiger charge is -2.07. The Kier molecular flexibility index (Phi) is 6.05. The van der Waals surface area contributed by atoms with Crippen molar-refractivity contribution in [3.63, 3.8) is 0 Å². The Hall–Kier alpha value is -3.52. The molecule has 0 aliphatic heterocycles. The maximum atomic E-state index is 13.0. The topological polar surface area (TPSA) is 86.7 Å². The molecule has 7 nitrogen and oxygen atoms in total. The lowest BCUT2D eigenvalue weighted by atomic mass is 10.0. The highest BCUT2D eigenvalue weighted by molar-refractivity contribution is 9.10. The molecule has 8 heteroatoms. The number of methoxy groups -OCH3 is 1. The summed E-state index contributed by atoms with van der Waals surface area (Å²) in [5.41, 5.74) is 2.59. The second kappa shape index (κ2) is 8.92. The summed E-state index contributed by atoms with van der Waals surface area (Å²) in [6.07, 6.45) is 2.04. The van der Waals surface area contributed by atoms with Crippen molar-refractivity contribution in [3.8, 4) is 11.3 Å². The first-order valence-electron chi connectivity index (χ1n) is 9.96. The van der Waals surface area contributed by atoms with E-state index in [9.17, 15) is 9.59 Å². The number of nitrogens with zero attached hydrogens (tertiary/aromatic N) is 3. The van der Waals surface area contributed by atoms with E-state index in [1.165, 1.54) is 18.0 Å². The summed E-state index contributed by atoms with van der Waals surface area (Å²) in [6.45, 7) is 3.81. The fourth-order valence-corrected chi connectivity index (χ4v) is 3.77. The highest BCUT2D eigenvalue weighted by Gasteiger charge is 2.12. The van der Waals surface area contributed by atoms with Crippen LogP contribution in [0.25, 0.3) is 22.2 Å². The molecule has 2 heterocycles. The van der Waals surface area contributed by atoms with Gasteiger partial charge >= 0.3 is 5.97 Å². The molecule has 32 heavy (non-hydrogen) atoms. The van der Waals surface area contributed by atoms with Crippen molar-refractivity contribution in [2.45, 2.75) is 20.3 Å². The van der Waals surface area contributed by atoms with Gasteiger partial charge in [0.1, 0.15) is 17.3 Å². The SMILES string of the molecule is CCc1nc2ccc(Br)cc2c(=O)n1N=Cc1ccc(-c2ccc(C(=O)OC)cc2C)o1. The van der Waals surface area contributed by atoms with E-state index >= 15 is 0 Å². The summed E-state index contributed by atoms with van der Waals surface area (Å²) >= 11 is 3.39. The molecule has 0 fully saturated rings. The maximum absolute atomic E-state index is 13.0. The summed E-state index contributed by atoms with van der Waals surface area (Å²) in [6, 6.07) is 14.2. The van der Waals surface area contributed by atoms with Gasteiger partial charge in [0.25, 0.3) is 5.56 Å². The Morgan fingerprint density at radius 3 is 2.75 bits per heavy atom. The zero-order valence-corrected chi connectivity index (χ0v) is 19.3. The molecule has 0 amide bonds. The lowest BCUT2D eigenvalue weighted by Crippen LogP contribution is -2.22. The number of aryl methyl sites for hydroxylation is 2. The van der Waals surface area contributed by atoms with E-state index < -0.39 is 0 Å². The van der Waals surface area contributed by atoms with E-state index in [-0.39, 0.29) is 11.5 Å². The second-order valence-electron chi connectivity index (χ2n) is 7.13. The van der Waals surface area contributed by atoms with Gasteiger partial charge in [-0.25, -0.2) is 9.78 Å². The molecule has 0 aliphatic rings. The van der Waals surface area contributed by atoms with Gasteiger partial charge in [0.05, 0.1) is 29.8 Å². The molecule has 0 aliphatic carbocycles. The Labute approximate surface area is 192 Å². The van der Waals surface area contributed by atoms with Gasteiger partial charge < -0.3 is 9.15 Å². The van der Waals surface area contributed by atoms with Gasteiger partial charge in [-0.15, -0.1) is 0 Å². The molecule has 0 N–H and O–H groups in total. The molecule has 162 valence electrons. The number of rotatable bonds is 5. The zero-order valence-electron chi connectivity index (χ0n) is 17.8. The number of fused-ring (bicyclic) bond motifs is 1. The van der Waals surface area contributed by atoms with Gasteiger partial charge in [0, 0.05) is 16.5 Å². The van der Waals surface area contributed by atoms with Crippen molar-refractivity contribution in [2.75, 3.05) is 7.11 Å². The van der Waals surface area contributed by atoms with Gasteiger partial charge in [-0.05, 0) is 55.0 Å². The third-order valence-corrected chi connectivity index (χ3v) is 5.53. The minimum atomic E-state index is -0.389. The molecular weight excluding hydrogens is 474 g/mol. The number of halogens is 1. The van der Waals surface area contributed by atoms with E-state index in [2.05, 4.69) is 26.0 Å². The monoisotopic (exact) mass is 493 g/mol. The molecule has 4 rings (SSSR count). The number of aromatic nitrogens is 2. The van der Waals surface area contributed by atoms with Gasteiger partial charge in [-0.3, -0.25) is 4.79 Å². The van der Waals surface area contributed by atoms with Crippen molar-refractivity contribution < 1.29 is 13.9 Å². The summed E-state index contributed by atoms with van der Waals surface area (Å²) in [7, 11) is 1.35. The average Bonchev–Trinajstić information content (AvgIpc) is 3.26. The van der Waals surface area contributed by atoms with Crippen molar-refractivity contribution >= 4 is 39.0 Å². The third kappa shape index (κ3) is 4.13. The second-order valence-corrected chi connectivity index (χ2v) is 8.04. The van der Waals surface area contributed by atoms with Crippen LogP contribution in [-0.4, -0.2) is 29.0 Å². The summed E-state index contributed by atoms with van der Waals surface area (Å²) in [4.78, 5) is 29.3. The van der Waals surface area contributed by atoms with E-state index in [0.29, 0.717) is 40.2 Å². The van der Waals surface area contributed by atoms with Gasteiger partial charge in [0.2, 0.25) is 0 Å². The van der Waals surface area contributed by atoms with Crippen LogP contribution in [0.5, 0.6) is 0 Å². The fraction of sp³-hybridized carbons (Fsp3) is 0.167. The Morgan fingerprint density at radius 1 is 1.22 bits per heavy atom. The normalized spacial score (nSPS) is 11.4. The van der Waals surface area contributed by atoms with Crippen LogP contribution in [0.4, 0.5) is 0 Å². The first kappa shape index (κ1) is 21.7. The molecule has 2 aromatic heterocycles. The van der Waals surface area contributed by atoms with Crippen LogP contribution in [-0.2, 0) is 11.2 Å². The summed E-state index contributed by atoms with van der Waals surface area (Å²) in [5, 5.41) is 4.83. The molecule has 0 atom stereocenters. The van der Waals surface area contributed by atoms with Crippen LogP contribution < -0.4 is 5.56 Å². The summed E-state index contributed by atoms with van der Waals surface area (Å²) in [5.74, 6) is 1.28. The Balaban J connectivity index is 1.68. The number of ether oxygens (including phenoxy) is 1. The summed E-state index contributed by atoms with van der Waals surface area (Å²) < 4.78 is 12.8. The number of hydrogen-bond acceptors (Lipinski definition) is 6. The van der Waals surface area contributed by atoms with Gasteiger partial charge in [-0.2, -0.15) is 9.78 Å². The van der Waals surface area contributed by atoms with Crippen LogP contribution in [0.1, 0.15) is 34.4 Å². The highest BCUT2D eigenvalue weighted by atomic mass is 79.9. The molecule has 0 radical (unpaired) electrons. The van der Waals surface area contributed by atoms with Crippen LogP contribution in [0.15, 0.2) is 67.3 Å². The number of esters is 1. The first-order valence-corrected chi connectivity index (χ1v) is 10.7. The first-order chi connectivity index (χ1) is 15.4. The Morgan fingerprint density at radius 2 is 2.03 bits per heavy atom. The predicted molar refractivity (Wildman–Crippen MR) is 126 cm³/mol. The minimum Gasteiger partial charge on any atom is -0.465 e. The number of hydrogen-bond donors (Lipinski definition) is 0. The van der Waals surface area contributed by atoms with E-state index in [0.717, 1.165) is 15.6 Å². The molecule has 2 aromatic carbocycles. The van der Waals surface area contributed by atoms with Crippen LogP contribution in [0, 0.1) is 6.92 Å². The number of carbonyl (C=O) groups excluding carboxylic acids is 1. The van der Waals surface area contributed by atoms with Crippen LogP contribution >= 0.6 is 15.9 Å². The van der Waals surface area contributed by atoms with Crippen molar-refractivity contribution in [3.05, 3.63) is 86.1 Å². The van der Waals surface area contributed by atoms with Crippen LogP contribution in [0.3, 0.4) is 0 Å². The van der Waals surface area contributed by atoms with Crippen LogP contribution in [0.2, 0.25) is 0 Å². The highest BCUT2D eigenvalue weighted by Crippen LogP contribution is 2.26. The standard InChI is InChI=1S/C24H20BrN3O4/c1-4-22-27-20-9-6-16(25)12-19(20)23(29)28(22)26-13-17-7-10-21(32-17)18-8-5-15(11-14(18)2)24(30)31-3/h5-13H,4H2,1-3H3. The lowest BCUT2D eigenvalue weighted by molar-refractivity contribution is 0.0600. The van der Waals surface area contributed by atoms with Gasteiger partial charge in [-0.1, -0.05) is 28.9 Å². The quantitative estimate of drug-likeness (QED) is 0.289. The predicted octanol–water partition coefficient (Wildman–Crippen LogP) is 4.96. The van der Waals surface area contributed by atoms with E-state index in [4.69, 9.17) is 9.15 Å². The van der Waals surface area contributed by atoms with Crippen molar-refractivity contribution in [1.29, 1.82) is 0 Å². The van der Waals surface area contributed by atoms with Gasteiger partial charge in [0.15, 0.2) is 0 Å². The smallest absolute Gasteiger partial charge is 0.337 e. The molecule has 4 aromatic rings. The fourth-order valence-electron chi connectivity index (χ4n) is 3.41. The number of carbonyl (C=O) groups is 1. The molecular formula is C24H20BrN3O4. The molecule has 0 spiro atoms. The maximum Gasteiger partial charge on any atom is 0.337 e. The molecule has 0 bridgehead atoms. The molecule has 0 saturated carbocycles. The molecule has 0 unspecified atom stereocenters. The number of furan rings is 1. The minimum absolute atomic E-state index is 0.245. The van der Waals surface area contributed by atoms with E-state index in [1.807, 2.05) is 32.0 Å². The Bertz CT molecular complexity index is 1420. The third-order valence-electron chi connectivity index (χ3n) is 5.03. The van der Waals surface area contributed by atoms with E-state index in [1.54, 1.807) is 30.3 Å².